The van der Waals surface area contributed by atoms with Crippen LogP contribution in [0.25, 0.3) is 0 Å². The van der Waals surface area contributed by atoms with Gasteiger partial charge in [0.1, 0.15) is 51.6 Å². The number of hydrogen-bond acceptors (Lipinski definition) is 10. The maximum atomic E-state index is 9.31. The molecule has 1 aromatic rings. The molecule has 1 saturated heterocycles. The van der Waals surface area contributed by atoms with Crippen molar-refractivity contribution in [3.8, 4) is 0 Å². The molecule has 0 spiro atoms. The van der Waals surface area contributed by atoms with Gasteiger partial charge in [-0.1, -0.05) is 24.3 Å². The number of methoxy groups -OCH3 is 4. The maximum absolute atomic E-state index is 9.31. The molecule has 1 aliphatic rings. The SMILES string of the molecule is COCOCC1O[C@@H](Cc2ccc(CO)cc2)C(OCOC)[C@@H](OCOC)[C@H]1OCOC. The number of hydrogen-bond donors (Lipinski definition) is 1. The van der Waals surface area contributed by atoms with Crippen LogP contribution in [0, 0.1) is 0 Å². The van der Waals surface area contributed by atoms with E-state index in [1.807, 2.05) is 24.3 Å². The fourth-order valence-corrected chi connectivity index (χ4v) is 3.58. The minimum Gasteiger partial charge on any atom is -0.392 e. The van der Waals surface area contributed by atoms with Crippen LogP contribution in [0.1, 0.15) is 11.1 Å². The van der Waals surface area contributed by atoms with E-state index in [4.69, 9.17) is 42.6 Å². The van der Waals surface area contributed by atoms with Crippen LogP contribution in [0.4, 0.5) is 0 Å². The summed E-state index contributed by atoms with van der Waals surface area (Å²) < 4.78 is 50.4. The Balaban J connectivity index is 2.29. The summed E-state index contributed by atoms with van der Waals surface area (Å²) in [5.41, 5.74) is 1.86. The van der Waals surface area contributed by atoms with Crippen molar-refractivity contribution in [1.82, 2.24) is 0 Å². The van der Waals surface area contributed by atoms with E-state index >= 15 is 0 Å². The van der Waals surface area contributed by atoms with E-state index < -0.39 is 24.4 Å². The summed E-state index contributed by atoms with van der Waals surface area (Å²) in [6.45, 7) is 0.496. The predicted octanol–water partition coefficient (Wildman–Crippen LogP) is 1.08. The van der Waals surface area contributed by atoms with Gasteiger partial charge in [0.25, 0.3) is 0 Å². The van der Waals surface area contributed by atoms with Gasteiger partial charge >= 0.3 is 0 Å². The molecule has 10 nitrogen and oxygen atoms in total. The highest BCUT2D eigenvalue weighted by Gasteiger charge is 2.48. The van der Waals surface area contributed by atoms with Crippen LogP contribution in [0.3, 0.4) is 0 Å². The van der Waals surface area contributed by atoms with Crippen molar-refractivity contribution < 1.29 is 47.7 Å². The zero-order valence-electron chi connectivity index (χ0n) is 19.3. The molecule has 10 heteroatoms. The average molecular weight is 461 g/mol. The molecule has 1 heterocycles. The molecule has 2 rings (SSSR count). The highest BCUT2D eigenvalue weighted by molar-refractivity contribution is 5.23. The number of ether oxygens (including phenoxy) is 9. The number of aliphatic hydroxyl groups excluding tert-OH is 1. The fraction of sp³-hybridized carbons (Fsp3) is 0.727. The lowest BCUT2D eigenvalue weighted by molar-refractivity contribution is -0.297. The quantitative estimate of drug-likeness (QED) is 0.285. The maximum Gasteiger partial charge on any atom is 0.146 e. The molecule has 0 aliphatic carbocycles. The Kier molecular flexibility index (Phi) is 13.2. The molecule has 2 unspecified atom stereocenters. The molecule has 0 bridgehead atoms. The second-order valence-corrected chi connectivity index (χ2v) is 7.28. The molecule has 32 heavy (non-hydrogen) atoms. The van der Waals surface area contributed by atoms with Crippen LogP contribution in [0.15, 0.2) is 24.3 Å². The minimum atomic E-state index is -0.545. The zero-order chi connectivity index (χ0) is 23.2. The van der Waals surface area contributed by atoms with Gasteiger partial charge in [-0.05, 0) is 11.1 Å². The first kappa shape index (κ1) is 27.1. The summed E-state index contributed by atoms with van der Waals surface area (Å²) in [4.78, 5) is 0. The highest BCUT2D eigenvalue weighted by atomic mass is 16.7. The third kappa shape index (κ3) is 8.31. The number of benzene rings is 1. The van der Waals surface area contributed by atoms with Gasteiger partial charge in [0.05, 0.1) is 19.3 Å². The molecule has 0 radical (unpaired) electrons. The zero-order valence-corrected chi connectivity index (χ0v) is 19.3. The molecule has 1 N–H and O–H groups in total. The van der Waals surface area contributed by atoms with Crippen molar-refractivity contribution in [2.45, 2.75) is 43.5 Å². The first-order valence-corrected chi connectivity index (χ1v) is 10.4. The largest absolute Gasteiger partial charge is 0.392 e. The second-order valence-electron chi connectivity index (χ2n) is 7.28. The first-order chi connectivity index (χ1) is 15.7. The van der Waals surface area contributed by atoms with Gasteiger partial charge in [0.15, 0.2) is 0 Å². The third-order valence-corrected chi connectivity index (χ3v) is 4.99. The summed E-state index contributed by atoms with van der Waals surface area (Å²) in [6.07, 6.45) is -1.89. The number of aliphatic hydroxyl groups is 1. The monoisotopic (exact) mass is 460 g/mol. The normalized spacial score (nSPS) is 25.8. The lowest BCUT2D eigenvalue weighted by Gasteiger charge is -2.46. The van der Waals surface area contributed by atoms with Crippen molar-refractivity contribution in [3.63, 3.8) is 0 Å². The van der Waals surface area contributed by atoms with E-state index in [0.717, 1.165) is 11.1 Å². The Morgan fingerprint density at radius 3 is 1.72 bits per heavy atom. The van der Waals surface area contributed by atoms with Crippen molar-refractivity contribution >= 4 is 0 Å². The first-order valence-electron chi connectivity index (χ1n) is 10.4. The van der Waals surface area contributed by atoms with Crippen molar-refractivity contribution in [1.29, 1.82) is 0 Å². The highest BCUT2D eigenvalue weighted by Crippen LogP contribution is 2.30. The van der Waals surface area contributed by atoms with E-state index in [1.165, 1.54) is 0 Å². The lowest BCUT2D eigenvalue weighted by Crippen LogP contribution is -2.62. The third-order valence-electron chi connectivity index (χ3n) is 4.99. The predicted molar refractivity (Wildman–Crippen MR) is 113 cm³/mol. The molecular weight excluding hydrogens is 424 g/mol. The Labute approximate surface area is 189 Å². The minimum absolute atomic E-state index is 0.00978. The second kappa shape index (κ2) is 15.6. The summed E-state index contributed by atoms with van der Waals surface area (Å²) >= 11 is 0. The molecule has 5 atom stereocenters. The van der Waals surface area contributed by atoms with Crippen molar-refractivity contribution in [2.24, 2.45) is 0 Å². The van der Waals surface area contributed by atoms with Crippen LogP contribution in [-0.4, -0.2) is 97.8 Å². The molecule has 0 amide bonds. The van der Waals surface area contributed by atoms with Gasteiger partial charge in [0, 0.05) is 34.9 Å². The molecule has 0 aromatic heterocycles. The molecule has 1 aromatic carbocycles. The molecule has 1 aliphatic heterocycles. The van der Waals surface area contributed by atoms with Crippen molar-refractivity contribution in [3.05, 3.63) is 35.4 Å². The van der Waals surface area contributed by atoms with E-state index in [0.29, 0.717) is 6.42 Å². The molecule has 0 saturated carbocycles. The van der Waals surface area contributed by atoms with E-state index in [2.05, 4.69) is 0 Å². The van der Waals surface area contributed by atoms with Gasteiger partial charge < -0.3 is 47.7 Å². The average Bonchev–Trinajstić information content (AvgIpc) is 2.82. The molecule has 1 fully saturated rings. The topological polar surface area (TPSA) is 103 Å². The van der Waals surface area contributed by atoms with E-state index in [-0.39, 0.29) is 46.5 Å². The van der Waals surface area contributed by atoms with Gasteiger partial charge in [0.2, 0.25) is 0 Å². The lowest BCUT2D eigenvalue weighted by atomic mass is 9.91. The summed E-state index contributed by atoms with van der Waals surface area (Å²) in [7, 11) is 6.20. The Bertz CT molecular complexity index is 599. The smallest absolute Gasteiger partial charge is 0.146 e. The Morgan fingerprint density at radius 1 is 0.688 bits per heavy atom. The van der Waals surface area contributed by atoms with Crippen molar-refractivity contribution in [2.75, 3.05) is 62.2 Å². The molecule has 184 valence electrons. The number of rotatable bonds is 16. The fourth-order valence-electron chi connectivity index (χ4n) is 3.58. The standard InChI is InChI=1S/C22H36O10/c1-24-12-28-11-19-21(30-14-26-3)22(31-15-27-4)20(29-13-25-2)18(32-19)9-16-5-7-17(10-23)8-6-16/h5-8,18-23H,9-15H2,1-4H3/t18-,19?,20?,21-,22+/m0/s1. The van der Waals surface area contributed by atoms with Gasteiger partial charge in [-0.3, -0.25) is 0 Å². The van der Waals surface area contributed by atoms with Crippen LogP contribution in [-0.2, 0) is 55.7 Å². The van der Waals surface area contributed by atoms with Crippen LogP contribution in [0.2, 0.25) is 0 Å². The van der Waals surface area contributed by atoms with Crippen LogP contribution >= 0.6 is 0 Å². The van der Waals surface area contributed by atoms with Crippen LogP contribution in [0.5, 0.6) is 0 Å². The summed E-state index contributed by atoms with van der Waals surface area (Å²) in [6, 6.07) is 7.67. The van der Waals surface area contributed by atoms with E-state index in [1.54, 1.807) is 28.4 Å². The van der Waals surface area contributed by atoms with Gasteiger partial charge in [-0.25, -0.2) is 0 Å². The summed E-state index contributed by atoms with van der Waals surface area (Å²) in [5, 5.41) is 9.31. The molecular formula is C22H36O10. The Morgan fingerprint density at radius 2 is 1.19 bits per heavy atom. The van der Waals surface area contributed by atoms with Crippen LogP contribution < -0.4 is 0 Å². The van der Waals surface area contributed by atoms with Gasteiger partial charge in [-0.2, -0.15) is 0 Å². The Hall–Kier alpha value is -1.18. The van der Waals surface area contributed by atoms with Gasteiger partial charge in [-0.15, -0.1) is 0 Å². The summed E-state index contributed by atoms with van der Waals surface area (Å²) in [5.74, 6) is 0. The van der Waals surface area contributed by atoms with E-state index in [9.17, 15) is 5.11 Å².